The molecular weight excluding hydrogens is 243 g/mol. The van der Waals surface area contributed by atoms with E-state index in [1.807, 2.05) is 0 Å². The fourth-order valence-corrected chi connectivity index (χ4v) is 6.79. The molecule has 0 heterocycles. The molecule has 8 heteroatoms. The van der Waals surface area contributed by atoms with Gasteiger partial charge in [-0.05, 0) is 19.6 Å². The Hall–Kier alpha value is 0.317. The van der Waals surface area contributed by atoms with Crippen LogP contribution >= 0.6 is 7.60 Å². The van der Waals surface area contributed by atoms with Crippen LogP contribution < -0.4 is 0 Å². The Balaban J connectivity index is 4.31. The second kappa shape index (κ2) is 4.45. The molecule has 0 spiro atoms. The van der Waals surface area contributed by atoms with E-state index in [4.69, 9.17) is 4.21 Å². The lowest BCUT2D eigenvalue weighted by Gasteiger charge is -2.21. The van der Waals surface area contributed by atoms with Crippen molar-refractivity contribution in [3.05, 3.63) is 0 Å². The first-order valence-electron chi connectivity index (χ1n) is 4.12. The predicted octanol–water partition coefficient (Wildman–Crippen LogP) is 1.07. The van der Waals surface area contributed by atoms with Crippen LogP contribution in [0.4, 0.5) is 0 Å². The van der Waals surface area contributed by atoms with Crippen LogP contribution in [0, 0.1) is 0 Å². The number of hydrogen-bond acceptors (Lipinski definition) is 4. The molecule has 1 unspecified atom stereocenters. The van der Waals surface area contributed by atoms with Crippen LogP contribution in [0.3, 0.4) is 0 Å². The van der Waals surface area contributed by atoms with Crippen LogP contribution in [-0.4, -0.2) is 39.8 Å². The van der Waals surface area contributed by atoms with Gasteiger partial charge in [0.1, 0.15) is 9.84 Å². The molecule has 5 nitrogen and oxygen atoms in total. The van der Waals surface area contributed by atoms with E-state index in [9.17, 15) is 17.9 Å². The standard InChI is InChI=1S/C6H17O5PSSi/c1-13(9,10)6-5-12(7,8)11-14(2,3)4/h5-6H2,1-4H3,(H,7,8). The zero-order chi connectivity index (χ0) is 11.6. The number of sulfone groups is 1. The molecule has 1 atom stereocenters. The van der Waals surface area contributed by atoms with Gasteiger partial charge >= 0.3 is 7.60 Å². The first-order valence-corrected chi connectivity index (χ1v) is 11.3. The molecular formula is C6H17O5PSSi. The highest BCUT2D eigenvalue weighted by atomic mass is 32.2. The summed E-state index contributed by atoms with van der Waals surface area (Å²) in [6, 6.07) is 0. The van der Waals surface area contributed by atoms with Gasteiger partial charge in [0.15, 0.2) is 8.32 Å². The molecule has 0 aliphatic heterocycles. The molecule has 0 aliphatic carbocycles. The second-order valence-electron chi connectivity index (χ2n) is 4.19. The van der Waals surface area contributed by atoms with Crippen molar-refractivity contribution in [2.24, 2.45) is 0 Å². The topological polar surface area (TPSA) is 80.7 Å². The zero-order valence-corrected chi connectivity index (χ0v) is 11.6. The molecule has 0 amide bonds. The van der Waals surface area contributed by atoms with Crippen molar-refractivity contribution in [1.82, 2.24) is 0 Å². The number of hydrogen-bond donors (Lipinski definition) is 1. The summed E-state index contributed by atoms with van der Waals surface area (Å²) in [6.45, 7) is 5.32. The Kier molecular flexibility index (Phi) is 4.55. The Morgan fingerprint density at radius 1 is 1.36 bits per heavy atom. The van der Waals surface area contributed by atoms with Gasteiger partial charge in [-0.1, -0.05) is 0 Å². The fraction of sp³-hybridized carbons (Fsp3) is 1.00. The van der Waals surface area contributed by atoms with E-state index in [1.54, 1.807) is 19.6 Å². The molecule has 1 N–H and O–H groups in total. The monoisotopic (exact) mass is 260 g/mol. The van der Waals surface area contributed by atoms with Crippen molar-refractivity contribution in [3.63, 3.8) is 0 Å². The smallest absolute Gasteiger partial charge is 0.319 e. The summed E-state index contributed by atoms with van der Waals surface area (Å²) in [7, 11) is -9.03. The summed E-state index contributed by atoms with van der Waals surface area (Å²) in [5, 5.41) is 0. The molecule has 0 aromatic carbocycles. The van der Waals surface area contributed by atoms with E-state index in [0.29, 0.717) is 0 Å². The van der Waals surface area contributed by atoms with Crippen LogP contribution in [-0.2, 0) is 18.6 Å². The predicted molar refractivity (Wildman–Crippen MR) is 58.8 cm³/mol. The van der Waals surface area contributed by atoms with Crippen LogP contribution in [0.5, 0.6) is 0 Å². The maximum atomic E-state index is 11.4. The lowest BCUT2D eigenvalue weighted by atomic mass is 11.0. The first-order chi connectivity index (χ1) is 5.91. The molecule has 14 heavy (non-hydrogen) atoms. The van der Waals surface area contributed by atoms with Crippen LogP contribution in [0.15, 0.2) is 0 Å². The van der Waals surface area contributed by atoms with Gasteiger partial charge in [0, 0.05) is 6.26 Å². The van der Waals surface area contributed by atoms with Gasteiger partial charge in [0.05, 0.1) is 11.9 Å². The van der Waals surface area contributed by atoms with Crippen molar-refractivity contribution in [3.8, 4) is 0 Å². The van der Waals surface area contributed by atoms with Gasteiger partial charge in [-0.3, -0.25) is 4.57 Å². The maximum absolute atomic E-state index is 11.4. The van der Waals surface area contributed by atoms with Gasteiger partial charge < -0.3 is 9.11 Å². The van der Waals surface area contributed by atoms with Crippen LogP contribution in [0.2, 0.25) is 19.6 Å². The Bertz CT molecular complexity index is 331. The first kappa shape index (κ1) is 14.3. The summed E-state index contributed by atoms with van der Waals surface area (Å²) < 4.78 is 37.9. The zero-order valence-electron chi connectivity index (χ0n) is 8.85. The van der Waals surface area contributed by atoms with Crippen molar-refractivity contribution >= 4 is 25.8 Å². The van der Waals surface area contributed by atoms with Gasteiger partial charge in [-0.15, -0.1) is 0 Å². The van der Waals surface area contributed by atoms with Gasteiger partial charge in [-0.25, -0.2) is 8.42 Å². The Labute approximate surface area is 86.1 Å². The summed E-state index contributed by atoms with van der Waals surface area (Å²) >= 11 is 0. The molecule has 0 aliphatic rings. The highest BCUT2D eigenvalue weighted by molar-refractivity contribution is 7.91. The largest absolute Gasteiger partial charge is 0.351 e. The van der Waals surface area contributed by atoms with Crippen molar-refractivity contribution in [1.29, 1.82) is 0 Å². The molecule has 0 bridgehead atoms. The lowest BCUT2D eigenvalue weighted by molar-refractivity contribution is 0.379. The normalized spacial score (nSPS) is 17.8. The second-order valence-corrected chi connectivity index (χ2v) is 13.1. The van der Waals surface area contributed by atoms with Crippen molar-refractivity contribution in [2.75, 3.05) is 18.2 Å². The maximum Gasteiger partial charge on any atom is 0.319 e. The van der Waals surface area contributed by atoms with E-state index in [-0.39, 0.29) is 11.9 Å². The minimum absolute atomic E-state index is 0.314. The van der Waals surface area contributed by atoms with Gasteiger partial charge in [-0.2, -0.15) is 0 Å². The van der Waals surface area contributed by atoms with E-state index < -0.39 is 25.8 Å². The average molecular weight is 260 g/mol. The minimum Gasteiger partial charge on any atom is -0.351 e. The lowest BCUT2D eigenvalue weighted by Crippen LogP contribution is -2.25. The van der Waals surface area contributed by atoms with E-state index >= 15 is 0 Å². The van der Waals surface area contributed by atoms with E-state index in [0.717, 1.165) is 6.26 Å². The Morgan fingerprint density at radius 2 is 1.79 bits per heavy atom. The Morgan fingerprint density at radius 3 is 2.07 bits per heavy atom. The van der Waals surface area contributed by atoms with Crippen molar-refractivity contribution < 1.29 is 22.1 Å². The van der Waals surface area contributed by atoms with Gasteiger partial charge in [0.2, 0.25) is 0 Å². The highest BCUT2D eigenvalue weighted by Gasteiger charge is 2.29. The summed E-state index contributed by atoms with van der Waals surface area (Å²) in [6.07, 6.45) is 0.706. The molecule has 0 fully saturated rings. The summed E-state index contributed by atoms with van der Waals surface area (Å²) in [4.78, 5) is 9.32. The van der Waals surface area contributed by atoms with Gasteiger partial charge in [0.25, 0.3) is 0 Å². The molecule has 0 radical (unpaired) electrons. The quantitative estimate of drug-likeness (QED) is 0.590. The third-order valence-corrected chi connectivity index (χ3v) is 6.53. The third kappa shape index (κ3) is 8.90. The van der Waals surface area contributed by atoms with Crippen molar-refractivity contribution in [2.45, 2.75) is 19.6 Å². The fourth-order valence-electron chi connectivity index (χ4n) is 0.755. The molecule has 0 saturated carbocycles. The molecule has 0 rings (SSSR count). The minimum atomic E-state index is -3.73. The molecule has 86 valence electrons. The highest BCUT2D eigenvalue weighted by Crippen LogP contribution is 2.44. The SMILES string of the molecule is C[Si](C)(C)OP(=O)(O)CCS(C)(=O)=O. The third-order valence-electron chi connectivity index (χ3n) is 1.16. The average Bonchev–Trinajstić information content (AvgIpc) is 1.76. The molecule has 0 aromatic heterocycles. The molecule has 0 saturated heterocycles. The van der Waals surface area contributed by atoms with Crippen LogP contribution in [0.1, 0.15) is 0 Å². The summed E-state index contributed by atoms with van der Waals surface area (Å²) in [5.41, 5.74) is 0. The van der Waals surface area contributed by atoms with Crippen LogP contribution in [0.25, 0.3) is 0 Å². The van der Waals surface area contributed by atoms with E-state index in [2.05, 4.69) is 0 Å². The summed E-state index contributed by atoms with van der Waals surface area (Å²) in [5.74, 6) is -0.314. The van der Waals surface area contributed by atoms with E-state index in [1.165, 1.54) is 0 Å². The number of rotatable bonds is 5. The molecule has 0 aromatic rings.